The number of carbonyl (C=O) groups is 1. The molecular weight excluding hydrogens is 544 g/mol. The van der Waals surface area contributed by atoms with E-state index in [2.05, 4.69) is 26.0 Å². The van der Waals surface area contributed by atoms with Crippen LogP contribution in [0.25, 0.3) is 22.3 Å². The van der Waals surface area contributed by atoms with Crippen LogP contribution in [0.3, 0.4) is 0 Å². The maximum Gasteiger partial charge on any atom is 0.347 e. The highest BCUT2D eigenvalue weighted by atomic mass is 79.9. The lowest BCUT2D eigenvalue weighted by Crippen LogP contribution is -2.26. The molecule has 188 valence electrons. The molecule has 0 spiro atoms. The Kier molecular flexibility index (Phi) is 7.73. The van der Waals surface area contributed by atoms with Crippen molar-refractivity contribution in [2.24, 2.45) is 5.10 Å². The van der Waals surface area contributed by atoms with Crippen LogP contribution < -0.4 is 10.3 Å². The van der Waals surface area contributed by atoms with Crippen LogP contribution in [-0.4, -0.2) is 39.5 Å². The lowest BCUT2D eigenvalue weighted by Gasteiger charge is -2.15. The number of carbonyl (C=O) groups excluding carboxylic acids is 1. The molecule has 0 aliphatic rings. The van der Waals surface area contributed by atoms with Gasteiger partial charge < -0.3 is 9.47 Å². The van der Waals surface area contributed by atoms with Gasteiger partial charge in [0.15, 0.2) is 11.9 Å². The molecule has 1 heterocycles. The third-order valence-corrected chi connectivity index (χ3v) is 5.85. The number of rotatable bonds is 8. The highest BCUT2D eigenvalue weighted by molar-refractivity contribution is 9.10. The van der Waals surface area contributed by atoms with E-state index in [-0.39, 0.29) is 22.5 Å². The van der Waals surface area contributed by atoms with E-state index in [0.29, 0.717) is 27.9 Å². The van der Waals surface area contributed by atoms with Gasteiger partial charge >= 0.3 is 11.7 Å². The topological polar surface area (TPSA) is 126 Å². The van der Waals surface area contributed by atoms with Gasteiger partial charge in [-0.1, -0.05) is 42.5 Å². The number of hydrogen-bond donors (Lipinski definition) is 0. The Bertz CT molecular complexity index is 1570. The van der Waals surface area contributed by atoms with Crippen molar-refractivity contribution < 1.29 is 19.2 Å². The lowest BCUT2D eigenvalue weighted by molar-refractivity contribution is -0.386. The van der Waals surface area contributed by atoms with Crippen LogP contribution >= 0.6 is 15.9 Å². The zero-order valence-corrected chi connectivity index (χ0v) is 21.4. The second-order valence-corrected chi connectivity index (χ2v) is 8.65. The molecule has 0 saturated carbocycles. The van der Waals surface area contributed by atoms with Crippen molar-refractivity contribution in [1.29, 1.82) is 0 Å². The first-order valence-corrected chi connectivity index (χ1v) is 12.0. The van der Waals surface area contributed by atoms with Crippen molar-refractivity contribution >= 4 is 44.7 Å². The summed E-state index contributed by atoms with van der Waals surface area (Å²) in [6.07, 6.45) is 0.255. The molecule has 0 unspecified atom stereocenters. The molecule has 37 heavy (non-hydrogen) atoms. The summed E-state index contributed by atoms with van der Waals surface area (Å²) >= 11 is 3.28. The second kappa shape index (κ2) is 11.1. The van der Waals surface area contributed by atoms with Gasteiger partial charge in [0.2, 0.25) is 5.75 Å². The van der Waals surface area contributed by atoms with Crippen molar-refractivity contribution in [3.63, 3.8) is 0 Å². The Hall–Kier alpha value is -4.38. The standard InChI is InChI=1S/C26H21BrN4O6/c1-3-36-26(33)16(2)37-23-20(27)13-17(14-22(23)31(34)35)15-28-30-24(18-9-5-4-6-10-18)29-21-12-8-7-11-19(21)25(30)32/h4-16H,3H2,1-2H3/t16-/m0/s1. The van der Waals surface area contributed by atoms with Crippen molar-refractivity contribution in [2.45, 2.75) is 20.0 Å². The summed E-state index contributed by atoms with van der Waals surface area (Å²) in [6, 6.07) is 18.8. The Labute approximate surface area is 219 Å². The van der Waals surface area contributed by atoms with Crippen LogP contribution in [0.5, 0.6) is 5.75 Å². The van der Waals surface area contributed by atoms with Gasteiger partial charge in [-0.05, 0) is 48.0 Å². The van der Waals surface area contributed by atoms with E-state index in [9.17, 15) is 19.7 Å². The first kappa shape index (κ1) is 25.7. The molecule has 1 aromatic heterocycles. The summed E-state index contributed by atoms with van der Waals surface area (Å²) in [5.41, 5.74) is 0.727. The minimum absolute atomic E-state index is 0.128. The largest absolute Gasteiger partial charge is 0.471 e. The van der Waals surface area contributed by atoms with E-state index in [1.54, 1.807) is 43.3 Å². The Morgan fingerprint density at radius 1 is 1.19 bits per heavy atom. The molecule has 0 amide bonds. The molecule has 4 aromatic rings. The molecule has 0 bridgehead atoms. The van der Waals surface area contributed by atoms with Crippen LogP contribution in [0.15, 0.2) is 81.1 Å². The number of fused-ring (bicyclic) bond motifs is 1. The highest BCUT2D eigenvalue weighted by Crippen LogP contribution is 2.37. The first-order valence-electron chi connectivity index (χ1n) is 11.2. The van der Waals surface area contributed by atoms with Gasteiger partial charge in [-0.2, -0.15) is 9.78 Å². The van der Waals surface area contributed by atoms with Crippen molar-refractivity contribution in [1.82, 2.24) is 9.66 Å². The number of esters is 1. The summed E-state index contributed by atoms with van der Waals surface area (Å²) in [5.74, 6) is -0.458. The monoisotopic (exact) mass is 564 g/mol. The minimum atomic E-state index is -1.06. The highest BCUT2D eigenvalue weighted by Gasteiger charge is 2.25. The number of nitro groups is 1. The number of ether oxygens (including phenoxy) is 2. The molecule has 0 saturated heterocycles. The first-order chi connectivity index (χ1) is 17.8. The summed E-state index contributed by atoms with van der Waals surface area (Å²) in [7, 11) is 0. The van der Waals surface area contributed by atoms with E-state index >= 15 is 0 Å². The smallest absolute Gasteiger partial charge is 0.347 e. The molecule has 0 aliphatic heterocycles. The van der Waals surface area contributed by atoms with E-state index in [0.717, 1.165) is 4.68 Å². The number of hydrogen-bond acceptors (Lipinski definition) is 8. The molecule has 1 atom stereocenters. The molecule has 0 N–H and O–H groups in total. The second-order valence-electron chi connectivity index (χ2n) is 7.80. The van der Waals surface area contributed by atoms with Gasteiger partial charge in [-0.15, -0.1) is 0 Å². The lowest BCUT2D eigenvalue weighted by atomic mass is 10.2. The summed E-state index contributed by atoms with van der Waals surface area (Å²) in [5, 5.41) is 16.5. The number of para-hydroxylation sites is 1. The van der Waals surface area contributed by atoms with Crippen LogP contribution in [0, 0.1) is 10.1 Å². The summed E-state index contributed by atoms with van der Waals surface area (Å²) in [4.78, 5) is 41.0. The normalized spacial score (nSPS) is 12.0. The van der Waals surface area contributed by atoms with Crippen molar-refractivity contribution in [3.8, 4) is 17.1 Å². The average molecular weight is 565 g/mol. The number of aromatic nitrogens is 2. The maximum atomic E-state index is 13.3. The van der Waals surface area contributed by atoms with Gasteiger partial charge in [0.25, 0.3) is 5.56 Å². The average Bonchev–Trinajstić information content (AvgIpc) is 2.89. The molecular formula is C26H21BrN4O6. The molecule has 0 radical (unpaired) electrons. The van der Waals surface area contributed by atoms with E-state index in [1.807, 2.05) is 18.2 Å². The maximum absolute atomic E-state index is 13.3. The molecule has 4 rings (SSSR count). The van der Waals surface area contributed by atoms with Gasteiger partial charge in [-0.3, -0.25) is 14.9 Å². The molecule has 11 heteroatoms. The Balaban J connectivity index is 1.79. The van der Waals surface area contributed by atoms with Crippen LogP contribution in [0.2, 0.25) is 0 Å². The molecule has 3 aromatic carbocycles. The van der Waals surface area contributed by atoms with Crippen LogP contribution in [0.4, 0.5) is 5.69 Å². The Morgan fingerprint density at radius 3 is 2.59 bits per heavy atom. The zero-order chi connectivity index (χ0) is 26.5. The number of halogens is 1. The van der Waals surface area contributed by atoms with Crippen LogP contribution in [-0.2, 0) is 9.53 Å². The van der Waals surface area contributed by atoms with Crippen molar-refractivity contribution in [3.05, 3.63) is 97.2 Å². The number of nitro benzene ring substituents is 1. The summed E-state index contributed by atoms with van der Waals surface area (Å²) in [6.45, 7) is 3.24. The third-order valence-electron chi connectivity index (χ3n) is 5.26. The van der Waals surface area contributed by atoms with Crippen LogP contribution in [0.1, 0.15) is 19.4 Å². The predicted octanol–water partition coefficient (Wildman–Crippen LogP) is 4.95. The fraction of sp³-hybridized carbons (Fsp3) is 0.154. The number of benzene rings is 3. The minimum Gasteiger partial charge on any atom is -0.471 e. The van der Waals surface area contributed by atoms with Gasteiger partial charge in [0.1, 0.15) is 0 Å². The van der Waals surface area contributed by atoms with E-state index in [4.69, 9.17) is 9.47 Å². The van der Waals surface area contributed by atoms with E-state index in [1.165, 1.54) is 25.3 Å². The molecule has 0 fully saturated rings. The molecule has 0 aliphatic carbocycles. The fourth-order valence-corrected chi connectivity index (χ4v) is 4.10. The molecule has 10 nitrogen and oxygen atoms in total. The third kappa shape index (κ3) is 5.56. The van der Waals surface area contributed by atoms with Gasteiger partial charge in [0.05, 0.1) is 33.1 Å². The quantitative estimate of drug-likeness (QED) is 0.128. The number of nitrogens with zero attached hydrogens (tertiary/aromatic N) is 4. The summed E-state index contributed by atoms with van der Waals surface area (Å²) < 4.78 is 11.8. The SMILES string of the molecule is CCOC(=O)[C@H](C)Oc1c(Br)cc(C=Nn2c(-c3ccccc3)nc3ccccc3c2=O)cc1[N+](=O)[O-]. The Morgan fingerprint density at radius 2 is 1.89 bits per heavy atom. The fourth-order valence-electron chi connectivity index (χ4n) is 3.54. The van der Waals surface area contributed by atoms with Gasteiger partial charge in [-0.25, -0.2) is 9.78 Å². The zero-order valence-electron chi connectivity index (χ0n) is 19.8. The van der Waals surface area contributed by atoms with Gasteiger partial charge in [0, 0.05) is 17.2 Å². The van der Waals surface area contributed by atoms with Crippen molar-refractivity contribution in [2.75, 3.05) is 6.61 Å². The van der Waals surface area contributed by atoms with E-state index < -0.39 is 22.6 Å². The predicted molar refractivity (Wildman–Crippen MR) is 142 cm³/mol.